The van der Waals surface area contributed by atoms with Crippen molar-refractivity contribution in [2.24, 2.45) is 0 Å². The van der Waals surface area contributed by atoms with Crippen LogP contribution in [0, 0.1) is 0 Å². The van der Waals surface area contributed by atoms with Crippen molar-refractivity contribution >= 4 is 5.97 Å². The summed E-state index contributed by atoms with van der Waals surface area (Å²) in [5.41, 5.74) is -0.398. The number of esters is 1. The van der Waals surface area contributed by atoms with E-state index in [1.807, 2.05) is 26.8 Å². The molecule has 82 valence electrons. The van der Waals surface area contributed by atoms with Crippen molar-refractivity contribution in [3.8, 4) is 0 Å². The van der Waals surface area contributed by atoms with E-state index in [0.29, 0.717) is 0 Å². The van der Waals surface area contributed by atoms with Gasteiger partial charge in [-0.15, -0.1) is 6.58 Å². The monoisotopic (exact) mass is 198 g/mol. The zero-order valence-corrected chi connectivity index (χ0v) is 9.80. The van der Waals surface area contributed by atoms with E-state index in [9.17, 15) is 4.79 Å². The molecule has 0 aliphatic carbocycles. The molecule has 0 fully saturated rings. The smallest absolute Gasteiger partial charge is 0.330 e. The van der Waals surface area contributed by atoms with Crippen LogP contribution in [0.4, 0.5) is 0 Å². The van der Waals surface area contributed by atoms with Crippen molar-refractivity contribution < 1.29 is 9.53 Å². The van der Waals surface area contributed by atoms with Gasteiger partial charge in [0.05, 0.1) is 0 Å². The Balaban J connectivity index is 0. The van der Waals surface area contributed by atoms with Gasteiger partial charge < -0.3 is 4.74 Å². The first-order valence-corrected chi connectivity index (χ1v) is 4.83. The largest absolute Gasteiger partial charge is 0.457 e. The number of hydrogen-bond donors (Lipinski definition) is 0. The number of ether oxygens (including phenoxy) is 1. The second-order valence-corrected chi connectivity index (χ2v) is 3.81. The number of unbranched alkanes of at least 4 members (excludes halogenated alkanes) is 1. The summed E-state index contributed by atoms with van der Waals surface area (Å²) >= 11 is 0. The predicted octanol–water partition coefficient (Wildman–Crippen LogP) is 3.49. The molecule has 2 nitrogen and oxygen atoms in total. The topological polar surface area (TPSA) is 26.3 Å². The Morgan fingerprint density at radius 3 is 1.93 bits per heavy atom. The second-order valence-electron chi connectivity index (χ2n) is 3.81. The summed E-state index contributed by atoms with van der Waals surface area (Å²) in [4.78, 5) is 10.5. The maximum Gasteiger partial charge on any atom is 0.330 e. The average Bonchev–Trinajstić information content (AvgIpc) is 2.04. The highest BCUT2D eigenvalue weighted by atomic mass is 16.6. The number of carbonyl (C=O) groups excluding carboxylic acids is 1. The maximum atomic E-state index is 10.5. The van der Waals surface area contributed by atoms with Crippen LogP contribution in [0.25, 0.3) is 0 Å². The first-order chi connectivity index (χ1) is 6.37. The van der Waals surface area contributed by atoms with E-state index in [1.54, 1.807) is 0 Å². The molecule has 0 N–H and O–H groups in total. The van der Waals surface area contributed by atoms with E-state index in [-0.39, 0.29) is 5.97 Å². The van der Waals surface area contributed by atoms with E-state index in [2.05, 4.69) is 20.1 Å². The SMILES string of the molecule is C=CC(=O)OC(C)(C)C.C=CCCC. The standard InChI is InChI=1S/C7H12O2.C5H10/c1-5-6(8)9-7(2,3)4;1-3-5-4-2/h5H,1H2,2-4H3;3H,1,4-5H2,2H3. The summed E-state index contributed by atoms with van der Waals surface area (Å²) in [6, 6.07) is 0. The van der Waals surface area contributed by atoms with Gasteiger partial charge in [-0.1, -0.05) is 26.0 Å². The average molecular weight is 198 g/mol. The molecule has 0 aromatic carbocycles. The Kier molecular flexibility index (Phi) is 9.41. The number of hydrogen-bond acceptors (Lipinski definition) is 2. The molecule has 14 heavy (non-hydrogen) atoms. The number of rotatable bonds is 3. The lowest BCUT2D eigenvalue weighted by Gasteiger charge is -2.17. The normalized spacial score (nSPS) is 9.43. The molecule has 0 bridgehead atoms. The van der Waals surface area contributed by atoms with E-state index < -0.39 is 5.60 Å². The summed E-state index contributed by atoms with van der Waals surface area (Å²) < 4.78 is 4.83. The van der Waals surface area contributed by atoms with Crippen LogP contribution in [0.5, 0.6) is 0 Å². The molecule has 0 aliphatic heterocycles. The molecule has 0 aliphatic rings. The van der Waals surface area contributed by atoms with Crippen LogP contribution in [-0.2, 0) is 9.53 Å². The van der Waals surface area contributed by atoms with Crippen LogP contribution in [0.3, 0.4) is 0 Å². The van der Waals surface area contributed by atoms with Crippen LogP contribution in [0.15, 0.2) is 25.3 Å². The predicted molar refractivity (Wildman–Crippen MR) is 61.1 cm³/mol. The minimum atomic E-state index is -0.398. The molecule has 0 unspecified atom stereocenters. The Bertz CT molecular complexity index is 175. The Labute approximate surface area is 87.7 Å². The fraction of sp³-hybridized carbons (Fsp3) is 0.583. The van der Waals surface area contributed by atoms with Crippen LogP contribution >= 0.6 is 0 Å². The number of allylic oxidation sites excluding steroid dienone is 1. The highest BCUT2D eigenvalue weighted by Gasteiger charge is 2.12. The fourth-order valence-electron chi connectivity index (χ4n) is 0.548. The van der Waals surface area contributed by atoms with Gasteiger partial charge in [-0.05, 0) is 27.2 Å². The van der Waals surface area contributed by atoms with E-state index in [0.717, 1.165) is 12.5 Å². The minimum absolute atomic E-state index is 0.373. The summed E-state index contributed by atoms with van der Waals surface area (Å²) in [6.45, 7) is 14.4. The summed E-state index contributed by atoms with van der Waals surface area (Å²) in [7, 11) is 0. The molecular formula is C12H22O2. The molecule has 0 spiro atoms. The van der Waals surface area contributed by atoms with Crippen molar-refractivity contribution in [1.29, 1.82) is 0 Å². The van der Waals surface area contributed by atoms with Crippen molar-refractivity contribution in [3.63, 3.8) is 0 Å². The minimum Gasteiger partial charge on any atom is -0.457 e. The second kappa shape index (κ2) is 8.54. The molecule has 0 radical (unpaired) electrons. The summed E-state index contributed by atoms with van der Waals surface area (Å²) in [5.74, 6) is -0.373. The molecule has 0 aromatic heterocycles. The lowest BCUT2D eigenvalue weighted by atomic mass is 10.2. The van der Waals surface area contributed by atoms with Gasteiger partial charge in [0.15, 0.2) is 0 Å². The maximum absolute atomic E-state index is 10.5. The van der Waals surface area contributed by atoms with Crippen molar-refractivity contribution in [3.05, 3.63) is 25.3 Å². The van der Waals surface area contributed by atoms with Crippen LogP contribution in [-0.4, -0.2) is 11.6 Å². The lowest BCUT2D eigenvalue weighted by Crippen LogP contribution is -2.22. The van der Waals surface area contributed by atoms with Gasteiger partial charge in [0, 0.05) is 6.08 Å². The third kappa shape index (κ3) is 17.2. The van der Waals surface area contributed by atoms with Crippen LogP contribution in [0.2, 0.25) is 0 Å². The van der Waals surface area contributed by atoms with Crippen LogP contribution < -0.4 is 0 Å². The van der Waals surface area contributed by atoms with Crippen LogP contribution in [0.1, 0.15) is 40.5 Å². The van der Waals surface area contributed by atoms with Gasteiger partial charge in [-0.2, -0.15) is 0 Å². The summed E-state index contributed by atoms with van der Waals surface area (Å²) in [5, 5.41) is 0. The Morgan fingerprint density at radius 2 is 1.86 bits per heavy atom. The highest BCUT2D eigenvalue weighted by molar-refractivity contribution is 5.81. The summed E-state index contributed by atoms with van der Waals surface area (Å²) in [6.07, 6.45) is 5.47. The zero-order chi connectivity index (χ0) is 11.6. The number of carbonyl (C=O) groups is 1. The molecule has 0 rings (SSSR count). The zero-order valence-electron chi connectivity index (χ0n) is 9.80. The molecule has 0 aromatic rings. The quantitative estimate of drug-likeness (QED) is 0.394. The van der Waals surface area contributed by atoms with Crippen molar-refractivity contribution in [2.45, 2.75) is 46.1 Å². The van der Waals surface area contributed by atoms with E-state index >= 15 is 0 Å². The fourth-order valence-corrected chi connectivity index (χ4v) is 0.548. The molecule has 0 amide bonds. The molecular weight excluding hydrogens is 176 g/mol. The first-order valence-electron chi connectivity index (χ1n) is 4.83. The molecule has 2 heteroatoms. The third-order valence-electron chi connectivity index (χ3n) is 1.07. The van der Waals surface area contributed by atoms with Gasteiger partial charge in [0.2, 0.25) is 0 Å². The molecule has 0 atom stereocenters. The Hall–Kier alpha value is -1.05. The van der Waals surface area contributed by atoms with Gasteiger partial charge in [-0.25, -0.2) is 4.79 Å². The van der Waals surface area contributed by atoms with Crippen molar-refractivity contribution in [1.82, 2.24) is 0 Å². The van der Waals surface area contributed by atoms with E-state index in [1.165, 1.54) is 6.42 Å². The van der Waals surface area contributed by atoms with Crippen molar-refractivity contribution in [2.75, 3.05) is 0 Å². The molecule has 0 saturated heterocycles. The van der Waals surface area contributed by atoms with E-state index in [4.69, 9.17) is 4.74 Å². The Morgan fingerprint density at radius 1 is 1.36 bits per heavy atom. The van der Waals surface area contributed by atoms with Gasteiger partial charge >= 0.3 is 5.97 Å². The highest BCUT2D eigenvalue weighted by Crippen LogP contribution is 2.06. The third-order valence-corrected chi connectivity index (χ3v) is 1.07. The first kappa shape index (κ1) is 15.4. The molecule has 0 heterocycles. The van der Waals surface area contributed by atoms with Gasteiger partial charge in [0.1, 0.15) is 5.60 Å². The molecule has 0 saturated carbocycles. The van der Waals surface area contributed by atoms with Gasteiger partial charge in [-0.3, -0.25) is 0 Å². The van der Waals surface area contributed by atoms with Gasteiger partial charge in [0.25, 0.3) is 0 Å². The lowest BCUT2D eigenvalue weighted by molar-refractivity contribution is -0.148.